The number of anilines is 1. The summed E-state index contributed by atoms with van der Waals surface area (Å²) in [6.07, 6.45) is 0.212. The molecule has 0 unspecified atom stereocenters. The second-order valence-corrected chi connectivity index (χ2v) is 10.5. The molecular weight excluding hydrogens is 475 g/mol. The van der Waals surface area contributed by atoms with Crippen LogP contribution in [0.5, 0.6) is 0 Å². The zero-order chi connectivity index (χ0) is 23.9. The summed E-state index contributed by atoms with van der Waals surface area (Å²) in [6, 6.07) is 22.8. The number of sulfonamides is 1. The van der Waals surface area contributed by atoms with Gasteiger partial charge in [0.25, 0.3) is 0 Å². The van der Waals surface area contributed by atoms with E-state index in [1.54, 1.807) is 18.2 Å². The molecule has 34 heavy (non-hydrogen) atoms. The molecule has 0 aliphatic carbocycles. The minimum absolute atomic E-state index is 0.0631. The lowest BCUT2D eigenvalue weighted by Crippen LogP contribution is -2.50. The highest BCUT2D eigenvalue weighted by Crippen LogP contribution is 2.31. The van der Waals surface area contributed by atoms with Crippen LogP contribution in [0, 0.1) is 5.82 Å². The van der Waals surface area contributed by atoms with Crippen molar-refractivity contribution in [1.82, 2.24) is 4.31 Å². The average Bonchev–Trinajstić information content (AvgIpc) is 2.85. The molecule has 1 aliphatic heterocycles. The van der Waals surface area contributed by atoms with Crippen LogP contribution in [0.1, 0.15) is 11.1 Å². The highest BCUT2D eigenvalue weighted by atomic mass is 35.5. The fraction of sp³-hybridized carbons (Fsp3) is 0.115. The molecule has 8 heteroatoms. The third-order valence-electron chi connectivity index (χ3n) is 6.02. The number of hydrogen-bond acceptors (Lipinski definition) is 3. The number of carbonyl (C=O) groups excluding carboxylic acids is 1. The van der Waals surface area contributed by atoms with Gasteiger partial charge in [-0.25, -0.2) is 12.8 Å². The minimum Gasteiger partial charge on any atom is -0.325 e. The number of halogens is 2. The van der Waals surface area contributed by atoms with E-state index in [1.807, 2.05) is 48.5 Å². The predicted octanol–water partition coefficient (Wildman–Crippen LogP) is 5.39. The van der Waals surface area contributed by atoms with Gasteiger partial charge in [0.15, 0.2) is 0 Å². The Bertz CT molecular complexity index is 1520. The van der Waals surface area contributed by atoms with E-state index in [0.29, 0.717) is 5.69 Å². The zero-order valence-corrected chi connectivity index (χ0v) is 19.5. The molecular formula is C26H20ClFN2O3S. The first kappa shape index (κ1) is 22.5. The Hall–Kier alpha value is -3.26. The van der Waals surface area contributed by atoms with Gasteiger partial charge in [-0.15, -0.1) is 0 Å². The van der Waals surface area contributed by atoms with Crippen LogP contribution in [-0.2, 0) is 27.8 Å². The molecule has 5 nitrogen and oxygen atoms in total. The Morgan fingerprint density at radius 3 is 2.38 bits per heavy atom. The summed E-state index contributed by atoms with van der Waals surface area (Å²) in [4.78, 5) is 13.4. The van der Waals surface area contributed by atoms with E-state index in [4.69, 9.17) is 11.6 Å². The lowest BCUT2D eigenvalue weighted by Gasteiger charge is -2.35. The monoisotopic (exact) mass is 494 g/mol. The number of benzene rings is 4. The fourth-order valence-corrected chi connectivity index (χ4v) is 6.02. The Balaban J connectivity index is 1.54. The Labute approximate surface area is 201 Å². The van der Waals surface area contributed by atoms with E-state index in [2.05, 4.69) is 5.32 Å². The maximum Gasteiger partial charge on any atom is 0.244 e. The average molecular weight is 495 g/mol. The van der Waals surface area contributed by atoms with E-state index in [9.17, 15) is 17.6 Å². The number of amides is 1. The van der Waals surface area contributed by atoms with E-state index in [0.717, 1.165) is 28.0 Å². The molecule has 172 valence electrons. The number of fused-ring (bicyclic) bond motifs is 2. The molecule has 1 atom stereocenters. The smallest absolute Gasteiger partial charge is 0.244 e. The van der Waals surface area contributed by atoms with Gasteiger partial charge in [-0.1, -0.05) is 66.2 Å². The summed E-state index contributed by atoms with van der Waals surface area (Å²) in [5, 5.41) is 4.28. The van der Waals surface area contributed by atoms with Gasteiger partial charge in [0.2, 0.25) is 15.9 Å². The minimum atomic E-state index is -4.01. The molecule has 4 aromatic carbocycles. The lowest BCUT2D eigenvalue weighted by atomic mass is 9.95. The summed E-state index contributed by atoms with van der Waals surface area (Å²) in [7, 11) is -4.01. The summed E-state index contributed by atoms with van der Waals surface area (Å²) in [5.41, 5.74) is 2.05. The number of rotatable bonds is 4. The first-order chi connectivity index (χ1) is 16.3. The van der Waals surface area contributed by atoms with Crippen LogP contribution in [-0.4, -0.2) is 24.7 Å². The molecule has 0 aromatic heterocycles. The van der Waals surface area contributed by atoms with Crippen LogP contribution < -0.4 is 5.32 Å². The standard InChI is InChI=1S/C26H20ClFN2O3S/c27-23-15-21(10-12-24(23)28)29-26(31)25-14-19-7-3-4-8-20(19)16-30(25)34(32,33)22-11-9-17-5-1-2-6-18(17)13-22/h1-13,15,25H,14,16H2,(H,29,31)/t25-/m0/s1. The Kier molecular flexibility index (Phi) is 5.85. The van der Waals surface area contributed by atoms with Crippen molar-refractivity contribution in [2.45, 2.75) is 23.9 Å². The van der Waals surface area contributed by atoms with Crippen LogP contribution in [0.25, 0.3) is 10.8 Å². The van der Waals surface area contributed by atoms with Crippen molar-refractivity contribution >= 4 is 44.0 Å². The molecule has 0 spiro atoms. The molecule has 4 aromatic rings. The maximum absolute atomic E-state index is 13.8. The summed E-state index contributed by atoms with van der Waals surface area (Å²) in [5.74, 6) is -1.12. The molecule has 1 aliphatic rings. The zero-order valence-electron chi connectivity index (χ0n) is 17.9. The summed E-state index contributed by atoms with van der Waals surface area (Å²) >= 11 is 5.85. The molecule has 0 radical (unpaired) electrons. The molecule has 0 saturated heterocycles. The third-order valence-corrected chi connectivity index (χ3v) is 8.16. The number of hydrogen-bond donors (Lipinski definition) is 1. The van der Waals surface area contributed by atoms with Crippen LogP contribution in [0.2, 0.25) is 5.02 Å². The first-order valence-corrected chi connectivity index (χ1v) is 12.5. The van der Waals surface area contributed by atoms with Gasteiger partial charge < -0.3 is 5.32 Å². The van der Waals surface area contributed by atoms with E-state index < -0.39 is 27.8 Å². The highest BCUT2D eigenvalue weighted by molar-refractivity contribution is 7.89. The fourth-order valence-electron chi connectivity index (χ4n) is 4.24. The maximum atomic E-state index is 13.8. The van der Waals surface area contributed by atoms with Crippen molar-refractivity contribution in [3.8, 4) is 0 Å². The number of carbonyl (C=O) groups is 1. The van der Waals surface area contributed by atoms with Gasteiger partial charge in [-0.3, -0.25) is 4.79 Å². The van der Waals surface area contributed by atoms with Gasteiger partial charge in [-0.05, 0) is 58.7 Å². The lowest BCUT2D eigenvalue weighted by molar-refractivity contribution is -0.120. The first-order valence-electron chi connectivity index (χ1n) is 10.7. The van der Waals surface area contributed by atoms with Crippen molar-refractivity contribution in [3.63, 3.8) is 0 Å². The molecule has 0 saturated carbocycles. The molecule has 1 N–H and O–H groups in total. The molecule has 0 bridgehead atoms. The third kappa shape index (κ3) is 4.18. The van der Waals surface area contributed by atoms with Crippen LogP contribution in [0.15, 0.2) is 89.8 Å². The highest BCUT2D eigenvalue weighted by Gasteiger charge is 2.39. The molecule has 1 heterocycles. The predicted molar refractivity (Wildman–Crippen MR) is 131 cm³/mol. The van der Waals surface area contributed by atoms with Crippen LogP contribution in [0.4, 0.5) is 10.1 Å². The Morgan fingerprint density at radius 2 is 1.62 bits per heavy atom. The van der Waals surface area contributed by atoms with Gasteiger partial charge in [0.1, 0.15) is 11.9 Å². The molecule has 1 amide bonds. The van der Waals surface area contributed by atoms with Crippen molar-refractivity contribution in [1.29, 1.82) is 0 Å². The topological polar surface area (TPSA) is 66.5 Å². The van der Waals surface area contributed by atoms with Crippen molar-refractivity contribution in [2.75, 3.05) is 5.32 Å². The van der Waals surface area contributed by atoms with Crippen LogP contribution in [0.3, 0.4) is 0 Å². The second-order valence-electron chi connectivity index (χ2n) is 8.17. The second kappa shape index (κ2) is 8.83. The Morgan fingerprint density at radius 1 is 0.912 bits per heavy atom. The number of nitrogens with one attached hydrogen (secondary N) is 1. The van der Waals surface area contributed by atoms with Gasteiger partial charge in [0, 0.05) is 12.2 Å². The van der Waals surface area contributed by atoms with E-state index in [-0.39, 0.29) is 22.9 Å². The van der Waals surface area contributed by atoms with Crippen molar-refractivity contribution in [3.05, 3.63) is 107 Å². The normalized spacial score (nSPS) is 16.2. The number of nitrogens with zero attached hydrogens (tertiary/aromatic N) is 1. The molecule has 0 fully saturated rings. The van der Waals surface area contributed by atoms with Gasteiger partial charge in [0.05, 0.1) is 9.92 Å². The summed E-state index contributed by atoms with van der Waals surface area (Å²) < 4.78 is 42.3. The largest absolute Gasteiger partial charge is 0.325 e. The van der Waals surface area contributed by atoms with E-state index >= 15 is 0 Å². The van der Waals surface area contributed by atoms with Crippen molar-refractivity contribution < 1.29 is 17.6 Å². The molecule has 5 rings (SSSR count). The van der Waals surface area contributed by atoms with Crippen molar-refractivity contribution in [2.24, 2.45) is 0 Å². The van der Waals surface area contributed by atoms with E-state index in [1.165, 1.54) is 16.4 Å². The van der Waals surface area contributed by atoms with Gasteiger partial charge in [-0.2, -0.15) is 4.31 Å². The SMILES string of the molecule is O=C(Nc1ccc(F)c(Cl)c1)[C@@H]1Cc2ccccc2CN1S(=O)(=O)c1ccc2ccccc2c1. The quantitative estimate of drug-likeness (QED) is 0.414. The van der Waals surface area contributed by atoms with Gasteiger partial charge >= 0.3 is 0 Å². The summed E-state index contributed by atoms with van der Waals surface area (Å²) in [6.45, 7) is 0.0631. The van der Waals surface area contributed by atoms with Crippen LogP contribution >= 0.6 is 11.6 Å².